The Morgan fingerprint density at radius 3 is 2.54 bits per heavy atom. The van der Waals surface area contributed by atoms with Crippen molar-refractivity contribution in [3.05, 3.63) is 59.7 Å². The molecule has 2 amide bonds. The number of nitrogens with one attached hydrogen (secondary N) is 1. The second kappa shape index (κ2) is 8.33. The Hall–Kier alpha value is -3.03. The molecule has 0 aromatic heterocycles. The highest BCUT2D eigenvalue weighted by molar-refractivity contribution is 6.00. The molecule has 3 rings (SSSR count). The van der Waals surface area contributed by atoms with E-state index in [9.17, 15) is 22.8 Å². The van der Waals surface area contributed by atoms with Crippen molar-refractivity contribution >= 4 is 17.5 Å². The Morgan fingerprint density at radius 1 is 1.11 bits per heavy atom. The van der Waals surface area contributed by atoms with Crippen molar-refractivity contribution < 1.29 is 27.5 Å². The molecule has 28 heavy (non-hydrogen) atoms. The summed E-state index contributed by atoms with van der Waals surface area (Å²) in [6.45, 7) is 0.360. The molecule has 1 aliphatic rings. The summed E-state index contributed by atoms with van der Waals surface area (Å²) in [5.41, 5.74) is 0.515. The quantitative estimate of drug-likeness (QED) is 0.850. The van der Waals surface area contributed by atoms with E-state index in [0.29, 0.717) is 23.4 Å². The fraction of sp³-hybridized carbons (Fsp3) is 0.300. The zero-order valence-corrected chi connectivity index (χ0v) is 15.0. The SMILES string of the molecule is O=C(CN1C(=O)CCOc2ccccc21)NCCc1ccc(C(F)(F)F)cc1. The summed E-state index contributed by atoms with van der Waals surface area (Å²) in [6, 6.07) is 11.8. The number of halogens is 3. The Labute approximate surface area is 160 Å². The van der Waals surface area contributed by atoms with Crippen LogP contribution in [0, 0.1) is 0 Å². The van der Waals surface area contributed by atoms with Gasteiger partial charge in [-0.2, -0.15) is 13.2 Å². The normalized spacial score (nSPS) is 14.1. The Kier molecular flexibility index (Phi) is 5.87. The average molecular weight is 392 g/mol. The topological polar surface area (TPSA) is 58.6 Å². The predicted octanol–water partition coefficient (Wildman–Crippen LogP) is 3.18. The molecular weight excluding hydrogens is 373 g/mol. The maximum atomic E-state index is 12.6. The van der Waals surface area contributed by atoms with Crippen molar-refractivity contribution in [1.29, 1.82) is 0 Å². The first-order valence-corrected chi connectivity index (χ1v) is 8.79. The lowest BCUT2D eigenvalue weighted by molar-refractivity contribution is -0.137. The molecule has 0 saturated carbocycles. The largest absolute Gasteiger partial charge is 0.491 e. The van der Waals surface area contributed by atoms with Gasteiger partial charge in [-0.05, 0) is 36.2 Å². The van der Waals surface area contributed by atoms with Crippen LogP contribution in [0.3, 0.4) is 0 Å². The Bertz CT molecular complexity index is 851. The first-order valence-electron chi connectivity index (χ1n) is 8.79. The number of benzene rings is 2. The van der Waals surface area contributed by atoms with E-state index in [1.54, 1.807) is 24.3 Å². The van der Waals surface area contributed by atoms with Gasteiger partial charge in [0.1, 0.15) is 12.3 Å². The van der Waals surface area contributed by atoms with E-state index in [1.165, 1.54) is 17.0 Å². The first kappa shape index (κ1) is 19.7. The minimum absolute atomic E-state index is 0.147. The molecule has 8 heteroatoms. The van der Waals surface area contributed by atoms with Crippen LogP contribution in [0.2, 0.25) is 0 Å². The van der Waals surface area contributed by atoms with Crippen molar-refractivity contribution in [3.63, 3.8) is 0 Å². The van der Waals surface area contributed by atoms with Gasteiger partial charge in [-0.15, -0.1) is 0 Å². The number of fused-ring (bicyclic) bond motifs is 1. The molecule has 0 atom stereocenters. The number of para-hydroxylation sites is 2. The van der Waals surface area contributed by atoms with Gasteiger partial charge in [0.05, 0.1) is 24.3 Å². The van der Waals surface area contributed by atoms with Gasteiger partial charge in [-0.3, -0.25) is 14.5 Å². The summed E-state index contributed by atoms with van der Waals surface area (Å²) in [6.07, 6.45) is -3.81. The monoisotopic (exact) mass is 392 g/mol. The predicted molar refractivity (Wildman–Crippen MR) is 97.1 cm³/mol. The van der Waals surface area contributed by atoms with E-state index in [1.807, 2.05) is 0 Å². The molecule has 0 fully saturated rings. The van der Waals surface area contributed by atoms with Crippen LogP contribution in [0.25, 0.3) is 0 Å². The van der Waals surface area contributed by atoms with Crippen molar-refractivity contribution in [2.75, 3.05) is 24.6 Å². The van der Waals surface area contributed by atoms with Gasteiger partial charge in [-0.25, -0.2) is 0 Å². The van der Waals surface area contributed by atoms with Crippen LogP contribution >= 0.6 is 0 Å². The number of nitrogens with zero attached hydrogens (tertiary/aromatic N) is 1. The van der Waals surface area contributed by atoms with E-state index < -0.39 is 11.7 Å². The van der Waals surface area contributed by atoms with Gasteiger partial charge in [0, 0.05) is 6.54 Å². The highest BCUT2D eigenvalue weighted by atomic mass is 19.4. The number of carbonyl (C=O) groups is 2. The van der Waals surface area contributed by atoms with Gasteiger partial charge < -0.3 is 10.1 Å². The molecule has 148 valence electrons. The third-order valence-electron chi connectivity index (χ3n) is 4.35. The molecule has 2 aromatic carbocycles. The Morgan fingerprint density at radius 2 is 1.82 bits per heavy atom. The number of anilines is 1. The number of amides is 2. The average Bonchev–Trinajstić information content (AvgIpc) is 2.81. The standard InChI is InChI=1S/C20H19F3N2O3/c21-20(22,23)15-7-5-14(6-8-15)9-11-24-18(26)13-25-16-3-1-2-4-17(16)28-12-10-19(25)27/h1-8H,9-13H2,(H,24,26). The van der Waals surface area contributed by atoms with E-state index in [0.717, 1.165) is 12.1 Å². The third-order valence-corrected chi connectivity index (χ3v) is 4.35. The first-order chi connectivity index (χ1) is 13.3. The molecule has 0 saturated heterocycles. The lowest BCUT2D eigenvalue weighted by Crippen LogP contribution is -2.41. The molecule has 1 aliphatic heterocycles. The number of rotatable bonds is 5. The summed E-state index contributed by atoms with van der Waals surface area (Å²) in [4.78, 5) is 25.9. The van der Waals surface area contributed by atoms with E-state index >= 15 is 0 Å². The molecule has 0 aliphatic carbocycles. The lowest BCUT2D eigenvalue weighted by atomic mass is 10.1. The summed E-state index contributed by atoms with van der Waals surface area (Å²) < 4.78 is 43.2. The zero-order valence-electron chi connectivity index (χ0n) is 15.0. The number of alkyl halides is 3. The summed E-state index contributed by atoms with van der Waals surface area (Å²) in [7, 11) is 0. The van der Waals surface area contributed by atoms with Crippen molar-refractivity contribution in [3.8, 4) is 5.75 Å². The van der Waals surface area contributed by atoms with Crippen molar-refractivity contribution in [2.45, 2.75) is 19.0 Å². The van der Waals surface area contributed by atoms with E-state index in [4.69, 9.17) is 4.74 Å². The van der Waals surface area contributed by atoms with Crippen LogP contribution in [0.1, 0.15) is 17.5 Å². The molecule has 2 aromatic rings. The minimum atomic E-state index is -4.37. The van der Waals surface area contributed by atoms with Gasteiger partial charge in [0.2, 0.25) is 11.8 Å². The number of carbonyl (C=O) groups excluding carboxylic acids is 2. The van der Waals surface area contributed by atoms with Crippen LogP contribution < -0.4 is 15.0 Å². The second-order valence-electron chi connectivity index (χ2n) is 6.34. The fourth-order valence-electron chi connectivity index (χ4n) is 2.90. The van der Waals surface area contributed by atoms with Crippen molar-refractivity contribution in [2.24, 2.45) is 0 Å². The third kappa shape index (κ3) is 4.82. The molecule has 1 N–H and O–H groups in total. The molecule has 5 nitrogen and oxygen atoms in total. The number of ether oxygens (including phenoxy) is 1. The van der Waals surface area contributed by atoms with Gasteiger partial charge in [0.25, 0.3) is 0 Å². The number of hydrogen-bond donors (Lipinski definition) is 1. The lowest BCUT2D eigenvalue weighted by Gasteiger charge is -2.21. The minimum Gasteiger partial charge on any atom is -0.491 e. The van der Waals surface area contributed by atoms with Gasteiger partial charge in [-0.1, -0.05) is 24.3 Å². The molecule has 0 spiro atoms. The second-order valence-corrected chi connectivity index (χ2v) is 6.34. The maximum absolute atomic E-state index is 12.6. The molecule has 0 unspecified atom stereocenters. The van der Waals surface area contributed by atoms with Crippen LogP contribution in [0.4, 0.5) is 18.9 Å². The molecule has 1 heterocycles. The van der Waals surface area contributed by atoms with Crippen LogP contribution in [-0.2, 0) is 22.2 Å². The summed E-state index contributed by atoms with van der Waals surface area (Å²) in [5.74, 6) is -0.00860. The summed E-state index contributed by atoms with van der Waals surface area (Å²) >= 11 is 0. The fourth-order valence-corrected chi connectivity index (χ4v) is 2.90. The van der Waals surface area contributed by atoms with Gasteiger partial charge in [0.15, 0.2) is 0 Å². The molecule has 0 radical (unpaired) electrons. The summed E-state index contributed by atoms with van der Waals surface area (Å²) in [5, 5.41) is 2.70. The van der Waals surface area contributed by atoms with E-state index in [2.05, 4.69) is 5.32 Å². The van der Waals surface area contributed by atoms with Crippen LogP contribution in [-0.4, -0.2) is 31.5 Å². The van der Waals surface area contributed by atoms with E-state index in [-0.39, 0.29) is 37.9 Å². The molecular formula is C20H19F3N2O3. The Balaban J connectivity index is 1.55. The highest BCUT2D eigenvalue weighted by Crippen LogP contribution is 2.31. The maximum Gasteiger partial charge on any atom is 0.416 e. The smallest absolute Gasteiger partial charge is 0.416 e. The number of hydrogen-bond acceptors (Lipinski definition) is 3. The highest BCUT2D eigenvalue weighted by Gasteiger charge is 2.30. The van der Waals surface area contributed by atoms with Gasteiger partial charge >= 0.3 is 6.18 Å². The molecule has 0 bridgehead atoms. The zero-order chi connectivity index (χ0) is 20.1. The van der Waals surface area contributed by atoms with Crippen LogP contribution in [0.15, 0.2) is 48.5 Å². The van der Waals surface area contributed by atoms with Crippen LogP contribution in [0.5, 0.6) is 5.75 Å². The van der Waals surface area contributed by atoms with Crippen molar-refractivity contribution in [1.82, 2.24) is 5.32 Å².